The number of ether oxygens (including phenoxy) is 1. The molecule has 2 aromatic carbocycles. The van der Waals surface area contributed by atoms with E-state index in [2.05, 4.69) is 0 Å². The normalized spacial score (nSPS) is 15.4. The van der Waals surface area contributed by atoms with Crippen LogP contribution >= 0.6 is 11.6 Å². The Morgan fingerprint density at radius 1 is 1.11 bits per heavy atom. The lowest BCUT2D eigenvalue weighted by Crippen LogP contribution is -1.92. The number of nitrogens with two attached hydrogens (primary N) is 1. The Bertz CT molecular complexity index is 707. The number of anilines is 1. The minimum absolute atomic E-state index is 0.330. The number of esters is 1. The summed E-state index contributed by atoms with van der Waals surface area (Å²) in [6.07, 6.45) is 1.77. The largest absolute Gasteiger partial charge is 0.422 e. The van der Waals surface area contributed by atoms with Crippen molar-refractivity contribution in [1.29, 1.82) is 0 Å². The highest BCUT2D eigenvalue weighted by Crippen LogP contribution is 2.31. The lowest BCUT2D eigenvalue weighted by molar-refractivity contribution is 0.0717. The lowest BCUT2D eigenvalue weighted by atomic mass is 10.1. The van der Waals surface area contributed by atoms with E-state index in [1.807, 2.05) is 24.3 Å². The van der Waals surface area contributed by atoms with Gasteiger partial charge in [-0.15, -0.1) is 0 Å². The van der Waals surface area contributed by atoms with Gasteiger partial charge in [0, 0.05) is 5.56 Å². The van der Waals surface area contributed by atoms with Gasteiger partial charge >= 0.3 is 5.97 Å². The van der Waals surface area contributed by atoms with Crippen LogP contribution in [-0.2, 0) is 4.74 Å². The standard InChI is InChI=1S/C15H10ClNO2/c16-12-6-5-9(7-13(12)17)8-14-10-3-1-2-4-11(10)15(18)19-14/h1-8H,17H2/b14-8+. The molecule has 2 aromatic rings. The Hall–Kier alpha value is -2.26. The predicted octanol–water partition coefficient (Wildman–Crippen LogP) is 3.59. The van der Waals surface area contributed by atoms with Crippen LogP contribution in [0.3, 0.4) is 0 Å². The van der Waals surface area contributed by atoms with Crippen LogP contribution in [0.5, 0.6) is 0 Å². The topological polar surface area (TPSA) is 52.3 Å². The molecule has 1 aliphatic rings. The number of benzene rings is 2. The van der Waals surface area contributed by atoms with E-state index in [0.29, 0.717) is 22.0 Å². The zero-order valence-corrected chi connectivity index (χ0v) is 10.6. The zero-order chi connectivity index (χ0) is 13.4. The molecule has 0 radical (unpaired) electrons. The number of hydrogen-bond acceptors (Lipinski definition) is 3. The minimum atomic E-state index is -0.330. The van der Waals surface area contributed by atoms with Gasteiger partial charge in [-0.3, -0.25) is 0 Å². The first kappa shape index (κ1) is 11.8. The third-order valence-corrected chi connectivity index (χ3v) is 3.28. The number of carbonyl (C=O) groups excluding carboxylic acids is 1. The fraction of sp³-hybridized carbons (Fsp3) is 0. The molecule has 0 bridgehead atoms. The molecule has 3 nitrogen and oxygen atoms in total. The third-order valence-electron chi connectivity index (χ3n) is 2.93. The molecule has 0 amide bonds. The SMILES string of the molecule is Nc1cc(/C=C2/OC(=O)c3ccccc32)ccc1Cl. The summed E-state index contributed by atoms with van der Waals surface area (Å²) in [6.45, 7) is 0. The third kappa shape index (κ3) is 2.09. The van der Waals surface area contributed by atoms with Gasteiger partial charge in [0.05, 0.1) is 16.3 Å². The van der Waals surface area contributed by atoms with Crippen molar-refractivity contribution >= 4 is 35.1 Å². The first-order valence-corrected chi connectivity index (χ1v) is 6.11. The Labute approximate surface area is 115 Å². The van der Waals surface area contributed by atoms with Crippen molar-refractivity contribution in [3.63, 3.8) is 0 Å². The van der Waals surface area contributed by atoms with E-state index in [9.17, 15) is 4.79 Å². The van der Waals surface area contributed by atoms with Crippen LogP contribution in [0, 0.1) is 0 Å². The van der Waals surface area contributed by atoms with Crippen LogP contribution < -0.4 is 5.73 Å². The molecule has 1 aliphatic heterocycles. The average Bonchev–Trinajstić information content (AvgIpc) is 2.72. The highest BCUT2D eigenvalue weighted by atomic mass is 35.5. The molecule has 4 heteroatoms. The number of cyclic esters (lactones) is 1. The Balaban J connectivity index is 2.06. The molecule has 0 unspecified atom stereocenters. The number of rotatable bonds is 1. The van der Waals surface area contributed by atoms with Gasteiger partial charge in [-0.1, -0.05) is 35.9 Å². The number of carbonyl (C=O) groups is 1. The van der Waals surface area contributed by atoms with Crippen LogP contribution in [0.1, 0.15) is 21.5 Å². The monoisotopic (exact) mass is 271 g/mol. The molecule has 0 spiro atoms. The summed E-state index contributed by atoms with van der Waals surface area (Å²) < 4.78 is 5.25. The van der Waals surface area contributed by atoms with Crippen molar-refractivity contribution in [2.45, 2.75) is 0 Å². The Kier molecular flexibility index (Phi) is 2.76. The molecule has 0 fully saturated rings. The highest BCUT2D eigenvalue weighted by Gasteiger charge is 2.25. The van der Waals surface area contributed by atoms with Gasteiger partial charge in [-0.05, 0) is 29.8 Å². The van der Waals surface area contributed by atoms with Crippen molar-refractivity contribution < 1.29 is 9.53 Å². The molecule has 1 heterocycles. The minimum Gasteiger partial charge on any atom is -0.422 e. The molecular weight excluding hydrogens is 262 g/mol. The van der Waals surface area contributed by atoms with Gasteiger partial charge < -0.3 is 10.5 Å². The molecule has 0 aliphatic carbocycles. The van der Waals surface area contributed by atoms with E-state index in [1.165, 1.54) is 0 Å². The predicted molar refractivity (Wildman–Crippen MR) is 75.6 cm³/mol. The van der Waals surface area contributed by atoms with Gasteiger partial charge in [-0.25, -0.2) is 4.79 Å². The van der Waals surface area contributed by atoms with Gasteiger partial charge in [0.15, 0.2) is 0 Å². The summed E-state index contributed by atoms with van der Waals surface area (Å²) in [6, 6.07) is 12.5. The van der Waals surface area contributed by atoms with Crippen molar-refractivity contribution in [2.75, 3.05) is 5.73 Å². The van der Waals surface area contributed by atoms with Gasteiger partial charge in [0.25, 0.3) is 0 Å². The summed E-state index contributed by atoms with van der Waals surface area (Å²) in [4.78, 5) is 11.7. The fourth-order valence-corrected chi connectivity index (χ4v) is 2.11. The van der Waals surface area contributed by atoms with E-state index >= 15 is 0 Å². The molecular formula is C15H10ClNO2. The molecule has 0 saturated carbocycles. The van der Waals surface area contributed by atoms with Gasteiger partial charge in [0.2, 0.25) is 0 Å². The van der Waals surface area contributed by atoms with E-state index < -0.39 is 0 Å². The number of halogens is 1. The smallest absolute Gasteiger partial charge is 0.344 e. The summed E-state index contributed by atoms with van der Waals surface area (Å²) in [5.74, 6) is 0.200. The second-order valence-corrected chi connectivity index (χ2v) is 4.63. The first-order chi connectivity index (χ1) is 9.15. The maximum atomic E-state index is 11.7. The van der Waals surface area contributed by atoms with Crippen LogP contribution in [0.2, 0.25) is 5.02 Å². The molecule has 19 heavy (non-hydrogen) atoms. The number of fused-ring (bicyclic) bond motifs is 1. The second kappa shape index (κ2) is 4.44. The maximum absolute atomic E-state index is 11.7. The van der Waals surface area contributed by atoms with Crippen LogP contribution in [0.25, 0.3) is 11.8 Å². The van der Waals surface area contributed by atoms with Crippen LogP contribution in [-0.4, -0.2) is 5.97 Å². The van der Waals surface area contributed by atoms with E-state index in [4.69, 9.17) is 22.1 Å². The maximum Gasteiger partial charge on any atom is 0.344 e. The number of nitrogen functional groups attached to an aromatic ring is 1. The summed E-state index contributed by atoms with van der Waals surface area (Å²) >= 11 is 5.87. The van der Waals surface area contributed by atoms with Gasteiger partial charge in [0.1, 0.15) is 5.76 Å². The Morgan fingerprint density at radius 2 is 1.84 bits per heavy atom. The highest BCUT2D eigenvalue weighted by molar-refractivity contribution is 6.33. The van der Waals surface area contributed by atoms with Gasteiger partial charge in [-0.2, -0.15) is 0 Å². The summed E-state index contributed by atoms with van der Waals surface area (Å²) in [7, 11) is 0. The van der Waals surface area contributed by atoms with Crippen molar-refractivity contribution in [3.8, 4) is 0 Å². The van der Waals surface area contributed by atoms with E-state index in [0.717, 1.165) is 11.1 Å². The zero-order valence-electron chi connectivity index (χ0n) is 9.89. The molecule has 0 atom stereocenters. The average molecular weight is 272 g/mol. The molecule has 0 aromatic heterocycles. The van der Waals surface area contributed by atoms with Crippen molar-refractivity contribution in [2.24, 2.45) is 0 Å². The van der Waals surface area contributed by atoms with E-state index in [-0.39, 0.29) is 5.97 Å². The van der Waals surface area contributed by atoms with Crippen LogP contribution in [0.15, 0.2) is 42.5 Å². The molecule has 0 saturated heterocycles. The van der Waals surface area contributed by atoms with E-state index in [1.54, 1.807) is 24.3 Å². The van der Waals surface area contributed by atoms with Crippen molar-refractivity contribution in [3.05, 3.63) is 64.2 Å². The van der Waals surface area contributed by atoms with Crippen LogP contribution in [0.4, 0.5) is 5.69 Å². The molecule has 94 valence electrons. The fourth-order valence-electron chi connectivity index (χ4n) is 2.00. The summed E-state index contributed by atoms with van der Waals surface area (Å²) in [5.41, 5.74) is 8.45. The van der Waals surface area contributed by atoms with Crippen molar-refractivity contribution in [1.82, 2.24) is 0 Å². The molecule has 3 rings (SSSR count). The molecule has 2 N–H and O–H groups in total. The quantitative estimate of drug-likeness (QED) is 0.637. The lowest BCUT2D eigenvalue weighted by Gasteiger charge is -2.01. The number of hydrogen-bond donors (Lipinski definition) is 1. The second-order valence-electron chi connectivity index (χ2n) is 4.22. The Morgan fingerprint density at radius 3 is 2.58 bits per heavy atom. The summed E-state index contributed by atoms with van der Waals surface area (Å²) in [5, 5.41) is 0.506. The first-order valence-electron chi connectivity index (χ1n) is 5.73.